The first-order valence-corrected chi connectivity index (χ1v) is 11.7. The number of carbonyl (C=O) groups excluding carboxylic acids is 1. The fourth-order valence-electron chi connectivity index (χ4n) is 4.40. The highest BCUT2D eigenvalue weighted by atomic mass is 16.3. The van der Waals surface area contributed by atoms with E-state index in [0.29, 0.717) is 17.8 Å². The number of fused-ring (bicyclic) bond motifs is 2. The molecular weight excluding hydrogens is 434 g/mol. The Balaban J connectivity index is 1.50. The van der Waals surface area contributed by atoms with Crippen molar-refractivity contribution >= 4 is 33.3 Å². The first-order chi connectivity index (χ1) is 16.8. The molecule has 0 atom stereocenters. The quantitative estimate of drug-likeness (QED) is 0.278. The molecule has 0 aliphatic heterocycles. The zero-order valence-electron chi connectivity index (χ0n) is 20.1. The van der Waals surface area contributed by atoms with Gasteiger partial charge in [0.2, 0.25) is 5.88 Å². The first-order valence-electron chi connectivity index (χ1n) is 11.7. The van der Waals surface area contributed by atoms with Gasteiger partial charge in [-0.3, -0.25) is 4.79 Å². The maximum absolute atomic E-state index is 12.7. The molecule has 1 aromatic heterocycles. The summed E-state index contributed by atoms with van der Waals surface area (Å²) in [5.41, 5.74) is 3.80. The number of para-hydroxylation sites is 1. The molecule has 35 heavy (non-hydrogen) atoms. The minimum Gasteiger partial charge on any atom is -0.493 e. The molecule has 5 nitrogen and oxygen atoms in total. The van der Waals surface area contributed by atoms with Crippen LogP contribution in [0.15, 0.2) is 101 Å². The Morgan fingerprint density at radius 2 is 1.49 bits per heavy atom. The van der Waals surface area contributed by atoms with Gasteiger partial charge in [0, 0.05) is 10.9 Å². The highest BCUT2D eigenvalue weighted by Crippen LogP contribution is 2.39. The second kappa shape index (κ2) is 8.84. The zero-order chi connectivity index (χ0) is 24.6. The van der Waals surface area contributed by atoms with Crippen LogP contribution in [0, 0.1) is 0 Å². The van der Waals surface area contributed by atoms with Crippen LogP contribution in [0.25, 0.3) is 21.7 Å². The van der Waals surface area contributed by atoms with Gasteiger partial charge in [0.15, 0.2) is 5.69 Å². The molecular formula is C30H27N3O2. The molecule has 5 aromatic rings. The maximum Gasteiger partial charge on any atom is 0.295 e. The molecule has 1 N–H and O–H groups in total. The average molecular weight is 462 g/mol. The molecule has 1 heterocycles. The molecule has 0 aliphatic carbocycles. The van der Waals surface area contributed by atoms with Crippen molar-refractivity contribution < 1.29 is 9.90 Å². The standard InChI is InChI=1S/C30H27N3O2/c1-30(2,3)23-17-15-21(16-18-23)28(34)32-31-27-25-13-6-7-14-26(25)33(29(27)35)19-22-11-8-10-20-9-4-5-12-24(20)22/h4-18,35H,19H2,1-3H3. The third kappa shape index (κ3) is 4.33. The Bertz CT molecular complexity index is 1570. The molecule has 5 rings (SSSR count). The number of carbonyl (C=O) groups is 1. The molecule has 0 radical (unpaired) electrons. The summed E-state index contributed by atoms with van der Waals surface area (Å²) in [6, 6.07) is 29.4. The summed E-state index contributed by atoms with van der Waals surface area (Å²) in [4.78, 5) is 12.7. The monoisotopic (exact) mass is 461 g/mol. The van der Waals surface area contributed by atoms with Crippen LogP contribution in [-0.4, -0.2) is 15.6 Å². The van der Waals surface area contributed by atoms with E-state index in [1.165, 1.54) is 0 Å². The van der Waals surface area contributed by atoms with Crippen LogP contribution in [0.5, 0.6) is 5.88 Å². The van der Waals surface area contributed by atoms with E-state index in [9.17, 15) is 9.90 Å². The molecule has 5 heteroatoms. The lowest BCUT2D eigenvalue weighted by molar-refractivity contribution is 0.0995. The van der Waals surface area contributed by atoms with E-state index >= 15 is 0 Å². The van der Waals surface area contributed by atoms with Crippen molar-refractivity contribution in [2.75, 3.05) is 0 Å². The van der Waals surface area contributed by atoms with Gasteiger partial charge in [0.1, 0.15) is 0 Å². The Hall–Kier alpha value is -4.25. The largest absolute Gasteiger partial charge is 0.493 e. The minimum atomic E-state index is -0.448. The van der Waals surface area contributed by atoms with Gasteiger partial charge in [0.05, 0.1) is 12.1 Å². The maximum atomic E-state index is 12.7. The minimum absolute atomic E-state index is 0.000786. The lowest BCUT2D eigenvalue weighted by Gasteiger charge is -2.18. The molecule has 0 saturated heterocycles. The van der Waals surface area contributed by atoms with Crippen LogP contribution in [0.1, 0.15) is 42.3 Å². The summed E-state index contributed by atoms with van der Waals surface area (Å²) in [7, 11) is 0. The van der Waals surface area contributed by atoms with Crippen molar-refractivity contribution in [3.05, 3.63) is 108 Å². The van der Waals surface area contributed by atoms with E-state index in [0.717, 1.165) is 32.8 Å². The van der Waals surface area contributed by atoms with E-state index in [1.807, 2.05) is 59.2 Å². The Kier molecular flexibility index (Phi) is 5.69. The number of azo groups is 1. The molecule has 0 aliphatic rings. The number of hydrogen-bond acceptors (Lipinski definition) is 3. The number of aromatic hydroxyl groups is 1. The Morgan fingerprint density at radius 3 is 2.23 bits per heavy atom. The van der Waals surface area contributed by atoms with Crippen LogP contribution in [-0.2, 0) is 12.0 Å². The lowest BCUT2D eigenvalue weighted by Crippen LogP contribution is -2.11. The van der Waals surface area contributed by atoms with E-state index in [-0.39, 0.29) is 11.3 Å². The SMILES string of the molecule is CC(C)(C)c1ccc(C(=O)N=Nc2c(O)n(Cc3cccc4ccccc34)c3ccccc23)cc1. The van der Waals surface area contributed by atoms with Gasteiger partial charge >= 0.3 is 0 Å². The van der Waals surface area contributed by atoms with Crippen LogP contribution in [0.4, 0.5) is 5.69 Å². The topological polar surface area (TPSA) is 66.9 Å². The second-order valence-electron chi connectivity index (χ2n) is 9.75. The normalized spacial score (nSPS) is 12.1. The van der Waals surface area contributed by atoms with Crippen LogP contribution in [0.3, 0.4) is 0 Å². The van der Waals surface area contributed by atoms with Gasteiger partial charge in [-0.25, -0.2) is 0 Å². The lowest BCUT2D eigenvalue weighted by atomic mass is 9.87. The number of rotatable bonds is 4. The molecule has 0 bridgehead atoms. The van der Waals surface area contributed by atoms with Crippen molar-refractivity contribution in [1.82, 2.24) is 4.57 Å². The average Bonchev–Trinajstić information content (AvgIpc) is 3.13. The van der Waals surface area contributed by atoms with Crippen molar-refractivity contribution in [3.63, 3.8) is 0 Å². The van der Waals surface area contributed by atoms with Gasteiger partial charge in [-0.2, -0.15) is 0 Å². The van der Waals surface area contributed by atoms with Crippen molar-refractivity contribution in [2.24, 2.45) is 10.2 Å². The second-order valence-corrected chi connectivity index (χ2v) is 9.75. The summed E-state index contributed by atoms with van der Waals surface area (Å²) in [5, 5.41) is 22.3. The smallest absolute Gasteiger partial charge is 0.295 e. The fraction of sp³-hybridized carbons (Fsp3) is 0.167. The number of nitrogens with zero attached hydrogens (tertiary/aromatic N) is 3. The van der Waals surface area contributed by atoms with Crippen LogP contribution >= 0.6 is 0 Å². The van der Waals surface area contributed by atoms with Crippen LogP contribution < -0.4 is 0 Å². The molecule has 1 amide bonds. The number of aromatic nitrogens is 1. The van der Waals surface area contributed by atoms with Gasteiger partial charge in [0.25, 0.3) is 5.91 Å². The molecule has 0 spiro atoms. The molecule has 0 unspecified atom stereocenters. The van der Waals surface area contributed by atoms with Crippen LogP contribution in [0.2, 0.25) is 0 Å². The highest BCUT2D eigenvalue weighted by molar-refractivity contribution is 5.97. The molecule has 174 valence electrons. The predicted octanol–water partition coefficient (Wildman–Crippen LogP) is 7.77. The zero-order valence-corrected chi connectivity index (χ0v) is 20.1. The van der Waals surface area contributed by atoms with Gasteiger partial charge in [-0.05, 0) is 45.5 Å². The highest BCUT2D eigenvalue weighted by Gasteiger charge is 2.18. The van der Waals surface area contributed by atoms with E-state index in [1.54, 1.807) is 12.1 Å². The number of benzene rings is 4. The van der Waals surface area contributed by atoms with E-state index < -0.39 is 5.91 Å². The van der Waals surface area contributed by atoms with Crippen molar-refractivity contribution in [2.45, 2.75) is 32.7 Å². The summed E-state index contributed by atoms with van der Waals surface area (Å²) < 4.78 is 1.81. The van der Waals surface area contributed by atoms with Gasteiger partial charge in [-0.1, -0.05) is 93.6 Å². The Morgan fingerprint density at radius 1 is 0.829 bits per heavy atom. The summed E-state index contributed by atoms with van der Waals surface area (Å²) in [5.74, 6) is -0.463. The molecule has 0 fully saturated rings. The summed E-state index contributed by atoms with van der Waals surface area (Å²) in [6.45, 7) is 6.84. The molecule has 4 aromatic carbocycles. The van der Waals surface area contributed by atoms with E-state index in [4.69, 9.17) is 0 Å². The first kappa shape index (κ1) is 22.5. The third-order valence-corrected chi connectivity index (χ3v) is 6.36. The van der Waals surface area contributed by atoms with Gasteiger partial charge < -0.3 is 9.67 Å². The summed E-state index contributed by atoms with van der Waals surface area (Å²) in [6.07, 6.45) is 0. The number of hydrogen-bond donors (Lipinski definition) is 1. The number of amides is 1. The van der Waals surface area contributed by atoms with Crippen molar-refractivity contribution in [1.29, 1.82) is 0 Å². The van der Waals surface area contributed by atoms with E-state index in [2.05, 4.69) is 55.3 Å². The third-order valence-electron chi connectivity index (χ3n) is 6.36. The summed E-state index contributed by atoms with van der Waals surface area (Å²) >= 11 is 0. The predicted molar refractivity (Wildman–Crippen MR) is 141 cm³/mol. The van der Waals surface area contributed by atoms with Gasteiger partial charge in [-0.15, -0.1) is 10.2 Å². The fourth-order valence-corrected chi connectivity index (χ4v) is 4.40. The van der Waals surface area contributed by atoms with Crippen molar-refractivity contribution in [3.8, 4) is 5.88 Å². The Labute approximate surface area is 204 Å². The molecule has 0 saturated carbocycles.